The largest absolute Gasteiger partial charge is 0.459 e. The summed E-state index contributed by atoms with van der Waals surface area (Å²) in [6, 6.07) is 7.27. The van der Waals surface area contributed by atoms with Crippen LogP contribution in [0.3, 0.4) is 0 Å². The van der Waals surface area contributed by atoms with Crippen LogP contribution in [-0.2, 0) is 14.8 Å². The molecule has 2 N–H and O–H groups in total. The number of nitrogens with one attached hydrogen (secondary N) is 2. The average molecular weight is 338 g/mol. The minimum atomic E-state index is -3.49. The van der Waals surface area contributed by atoms with Gasteiger partial charge in [0.25, 0.3) is 0 Å². The second-order valence-electron chi connectivity index (χ2n) is 6.28. The molecule has 2 aromatic rings. The van der Waals surface area contributed by atoms with Crippen molar-refractivity contribution in [3.63, 3.8) is 0 Å². The van der Waals surface area contributed by atoms with Gasteiger partial charge in [0.1, 0.15) is 16.9 Å². The van der Waals surface area contributed by atoms with Gasteiger partial charge in [0.2, 0.25) is 15.9 Å². The standard InChI is InChI=1S/C16H22N2O4S/c1-10-12-8-6-7-9-13(12)22-14(10)11(2)17-15(19)16(3,4)18-23(5,20)21/h6-9,11,18H,1-5H3,(H,17,19)/t11-/m0/s1. The van der Waals surface area contributed by atoms with Gasteiger partial charge in [-0.05, 0) is 33.8 Å². The maximum atomic E-state index is 12.4. The van der Waals surface area contributed by atoms with E-state index in [1.807, 2.05) is 31.2 Å². The van der Waals surface area contributed by atoms with Crippen LogP contribution in [0.5, 0.6) is 0 Å². The fourth-order valence-electron chi connectivity index (χ4n) is 2.56. The Kier molecular flexibility index (Phi) is 4.54. The Morgan fingerprint density at radius 2 is 1.87 bits per heavy atom. The zero-order valence-corrected chi connectivity index (χ0v) is 14.7. The number of benzene rings is 1. The van der Waals surface area contributed by atoms with Gasteiger partial charge >= 0.3 is 0 Å². The molecule has 0 aliphatic carbocycles. The Morgan fingerprint density at radius 3 is 2.43 bits per heavy atom. The van der Waals surface area contributed by atoms with E-state index in [1.54, 1.807) is 6.92 Å². The molecule has 0 fully saturated rings. The van der Waals surface area contributed by atoms with Crippen molar-refractivity contribution in [3.05, 3.63) is 35.6 Å². The van der Waals surface area contributed by atoms with Crippen molar-refractivity contribution in [1.29, 1.82) is 0 Å². The second kappa shape index (κ2) is 5.98. The highest BCUT2D eigenvalue weighted by Gasteiger charge is 2.32. The van der Waals surface area contributed by atoms with Gasteiger partial charge < -0.3 is 9.73 Å². The van der Waals surface area contributed by atoms with Crippen molar-refractivity contribution < 1.29 is 17.6 Å². The fraction of sp³-hybridized carbons (Fsp3) is 0.438. The number of para-hydroxylation sites is 1. The lowest BCUT2D eigenvalue weighted by Gasteiger charge is -2.25. The third-order valence-electron chi connectivity index (χ3n) is 3.63. The van der Waals surface area contributed by atoms with Crippen molar-refractivity contribution in [1.82, 2.24) is 10.0 Å². The third-order valence-corrected chi connectivity index (χ3v) is 4.51. The maximum Gasteiger partial charge on any atom is 0.241 e. The van der Waals surface area contributed by atoms with E-state index in [0.29, 0.717) is 5.76 Å². The van der Waals surface area contributed by atoms with Gasteiger partial charge in [0.15, 0.2) is 0 Å². The Bertz CT molecular complexity index is 837. The van der Waals surface area contributed by atoms with Crippen LogP contribution >= 0.6 is 0 Å². The van der Waals surface area contributed by atoms with Crippen LogP contribution in [0.15, 0.2) is 28.7 Å². The third kappa shape index (κ3) is 3.92. The number of furan rings is 1. The molecule has 1 aromatic heterocycles. The topological polar surface area (TPSA) is 88.4 Å². The van der Waals surface area contributed by atoms with E-state index >= 15 is 0 Å². The van der Waals surface area contributed by atoms with Crippen LogP contribution < -0.4 is 10.0 Å². The lowest BCUT2D eigenvalue weighted by atomic mass is 10.0. The summed E-state index contributed by atoms with van der Waals surface area (Å²) in [5, 5.41) is 3.80. The Morgan fingerprint density at radius 1 is 1.26 bits per heavy atom. The first kappa shape index (κ1) is 17.5. The molecule has 2 rings (SSSR count). The highest BCUT2D eigenvalue weighted by Crippen LogP contribution is 2.29. The molecule has 0 bridgehead atoms. The van der Waals surface area contributed by atoms with Crippen LogP contribution in [0.4, 0.5) is 0 Å². The van der Waals surface area contributed by atoms with Crippen LogP contribution in [-0.4, -0.2) is 26.1 Å². The number of aryl methyl sites for hydroxylation is 1. The van der Waals surface area contributed by atoms with E-state index in [4.69, 9.17) is 4.42 Å². The lowest BCUT2D eigenvalue weighted by Crippen LogP contribution is -2.54. The number of amides is 1. The molecular formula is C16H22N2O4S. The number of carbonyl (C=O) groups is 1. The number of hydrogen-bond acceptors (Lipinski definition) is 4. The zero-order valence-electron chi connectivity index (χ0n) is 13.9. The zero-order chi connectivity index (χ0) is 17.4. The molecule has 0 unspecified atom stereocenters. The van der Waals surface area contributed by atoms with Gasteiger partial charge in [-0.15, -0.1) is 0 Å². The van der Waals surface area contributed by atoms with Gasteiger partial charge in [0, 0.05) is 10.9 Å². The smallest absolute Gasteiger partial charge is 0.241 e. The monoisotopic (exact) mass is 338 g/mol. The molecule has 0 saturated carbocycles. The fourth-order valence-corrected chi connectivity index (χ4v) is 3.58. The van der Waals surface area contributed by atoms with E-state index in [0.717, 1.165) is 22.8 Å². The second-order valence-corrected chi connectivity index (χ2v) is 8.03. The number of hydrogen-bond donors (Lipinski definition) is 2. The molecule has 1 atom stereocenters. The summed E-state index contributed by atoms with van der Waals surface area (Å²) in [6.45, 7) is 6.77. The summed E-state index contributed by atoms with van der Waals surface area (Å²) in [5.41, 5.74) is 0.471. The number of fused-ring (bicyclic) bond motifs is 1. The molecule has 126 valence electrons. The van der Waals surface area contributed by atoms with E-state index in [1.165, 1.54) is 13.8 Å². The molecule has 1 aromatic carbocycles. The van der Waals surface area contributed by atoms with Crippen LogP contribution in [0.1, 0.15) is 38.1 Å². The molecule has 1 amide bonds. The molecule has 1 heterocycles. The summed E-state index contributed by atoms with van der Waals surface area (Å²) in [5.74, 6) is 0.241. The van der Waals surface area contributed by atoms with E-state index in [2.05, 4.69) is 10.0 Å². The maximum absolute atomic E-state index is 12.4. The van der Waals surface area contributed by atoms with Gasteiger partial charge in [0.05, 0.1) is 12.3 Å². The molecular weight excluding hydrogens is 316 g/mol. The Hall–Kier alpha value is -1.86. The summed E-state index contributed by atoms with van der Waals surface area (Å²) in [6.07, 6.45) is 1.02. The molecule has 0 aliphatic rings. The van der Waals surface area contributed by atoms with Crippen LogP contribution in [0, 0.1) is 6.92 Å². The van der Waals surface area contributed by atoms with Gasteiger partial charge in [-0.2, -0.15) is 0 Å². The number of rotatable bonds is 5. The van der Waals surface area contributed by atoms with Crippen LogP contribution in [0.25, 0.3) is 11.0 Å². The molecule has 0 saturated heterocycles. The summed E-state index contributed by atoms with van der Waals surface area (Å²) >= 11 is 0. The lowest BCUT2D eigenvalue weighted by molar-refractivity contribution is -0.126. The van der Waals surface area contributed by atoms with Crippen LogP contribution in [0.2, 0.25) is 0 Å². The molecule has 0 spiro atoms. The van der Waals surface area contributed by atoms with Crippen molar-refractivity contribution in [2.45, 2.75) is 39.3 Å². The first-order chi connectivity index (χ1) is 10.5. The SMILES string of the molecule is Cc1c([C@H](C)NC(=O)C(C)(C)NS(C)(=O)=O)oc2ccccc12. The highest BCUT2D eigenvalue weighted by molar-refractivity contribution is 7.88. The quantitative estimate of drug-likeness (QED) is 0.875. The molecule has 0 aliphatic heterocycles. The van der Waals surface area contributed by atoms with Gasteiger partial charge in [-0.1, -0.05) is 18.2 Å². The Labute approximate surface area is 136 Å². The minimum Gasteiger partial charge on any atom is -0.459 e. The van der Waals surface area contributed by atoms with Crippen molar-refractivity contribution in [2.75, 3.05) is 6.26 Å². The summed E-state index contributed by atoms with van der Waals surface area (Å²) in [4.78, 5) is 12.4. The van der Waals surface area contributed by atoms with E-state index in [9.17, 15) is 13.2 Å². The van der Waals surface area contributed by atoms with E-state index < -0.39 is 21.5 Å². The minimum absolute atomic E-state index is 0.379. The van der Waals surface area contributed by atoms with Gasteiger partial charge in [-0.3, -0.25) is 4.79 Å². The molecule has 23 heavy (non-hydrogen) atoms. The van der Waals surface area contributed by atoms with Gasteiger partial charge in [-0.25, -0.2) is 13.1 Å². The molecule has 6 nitrogen and oxygen atoms in total. The highest BCUT2D eigenvalue weighted by atomic mass is 32.2. The van der Waals surface area contributed by atoms with Crippen molar-refractivity contribution in [3.8, 4) is 0 Å². The first-order valence-electron chi connectivity index (χ1n) is 7.29. The van der Waals surface area contributed by atoms with Crippen molar-refractivity contribution >= 4 is 26.9 Å². The number of carbonyl (C=O) groups excluding carboxylic acids is 1. The first-order valence-corrected chi connectivity index (χ1v) is 9.18. The molecule has 0 radical (unpaired) electrons. The van der Waals surface area contributed by atoms with Crippen molar-refractivity contribution in [2.24, 2.45) is 0 Å². The molecule has 7 heteroatoms. The summed E-state index contributed by atoms with van der Waals surface area (Å²) < 4.78 is 30.9. The predicted molar refractivity (Wildman–Crippen MR) is 89.6 cm³/mol. The average Bonchev–Trinajstić information content (AvgIpc) is 2.74. The predicted octanol–water partition coefficient (Wildman–Crippen LogP) is 2.25. The van der Waals surface area contributed by atoms with E-state index in [-0.39, 0.29) is 6.04 Å². The normalized spacial score (nSPS) is 14.0. The Balaban J connectivity index is 2.22. The number of sulfonamides is 1. The summed E-state index contributed by atoms with van der Waals surface area (Å²) in [7, 11) is -3.49.